The number of piperidine rings is 1. The van der Waals surface area contributed by atoms with Crippen molar-refractivity contribution in [2.24, 2.45) is 18.7 Å². The summed E-state index contributed by atoms with van der Waals surface area (Å²) in [6.45, 7) is 6.62. The molecule has 3 N–H and O–H groups in total. The molecule has 1 aliphatic heterocycles. The largest absolute Gasteiger partial charge is 0.477 e. The molecule has 40 heavy (non-hydrogen) atoms. The van der Waals surface area contributed by atoms with Gasteiger partial charge in [-0.05, 0) is 61.2 Å². The maximum absolute atomic E-state index is 7.19. The van der Waals surface area contributed by atoms with Crippen LogP contribution in [0.1, 0.15) is 24.1 Å². The highest BCUT2D eigenvalue weighted by molar-refractivity contribution is 5.93. The molecule has 0 radical (unpaired) electrons. The highest BCUT2D eigenvalue weighted by Gasteiger charge is 2.41. The highest BCUT2D eigenvalue weighted by Crippen LogP contribution is 2.38. The molecule has 0 aliphatic carbocycles. The van der Waals surface area contributed by atoms with E-state index in [4.69, 9.17) is 10.5 Å². The van der Waals surface area contributed by atoms with Gasteiger partial charge in [0.15, 0.2) is 5.72 Å². The Labute approximate surface area is 232 Å². The fourth-order valence-corrected chi connectivity index (χ4v) is 6.35. The van der Waals surface area contributed by atoms with E-state index in [2.05, 4.69) is 80.7 Å². The Hall–Kier alpha value is -4.40. The van der Waals surface area contributed by atoms with Gasteiger partial charge in [-0.15, -0.1) is 0 Å². The van der Waals surface area contributed by atoms with Crippen molar-refractivity contribution in [3.63, 3.8) is 0 Å². The topological polar surface area (TPSA) is 89.4 Å². The summed E-state index contributed by atoms with van der Waals surface area (Å²) in [4.78, 5) is 6.86. The van der Waals surface area contributed by atoms with Gasteiger partial charge in [-0.3, -0.25) is 15.7 Å². The first kappa shape index (κ1) is 24.6. The Kier molecular flexibility index (Phi) is 5.95. The number of para-hydroxylation sites is 1. The van der Waals surface area contributed by atoms with Gasteiger partial charge in [0.1, 0.15) is 11.3 Å². The van der Waals surface area contributed by atoms with Gasteiger partial charge >= 0.3 is 0 Å². The monoisotopic (exact) mass is 531 g/mol. The Morgan fingerprint density at radius 1 is 1.18 bits per heavy atom. The number of hydrogen-bond donors (Lipinski definition) is 2. The zero-order chi connectivity index (χ0) is 27.3. The normalized spacial score (nSPS) is 17.9. The van der Waals surface area contributed by atoms with Crippen LogP contribution in [0.25, 0.3) is 38.7 Å². The minimum atomic E-state index is -1.02. The quantitative estimate of drug-likeness (QED) is 0.208. The van der Waals surface area contributed by atoms with E-state index in [-0.39, 0.29) is 5.92 Å². The van der Waals surface area contributed by atoms with Gasteiger partial charge in [0.2, 0.25) is 0 Å². The predicted octanol–water partition coefficient (Wildman–Crippen LogP) is 5.55. The summed E-state index contributed by atoms with van der Waals surface area (Å²) in [5, 5.41) is 10.1. The van der Waals surface area contributed by atoms with Crippen LogP contribution in [0.5, 0.6) is 0 Å². The molecule has 2 atom stereocenters. The zero-order valence-corrected chi connectivity index (χ0v) is 22.6. The number of H-pyrrole nitrogens is 1. The van der Waals surface area contributed by atoms with Crippen LogP contribution < -0.4 is 5.73 Å². The van der Waals surface area contributed by atoms with Crippen LogP contribution in [0.15, 0.2) is 92.1 Å². The van der Waals surface area contributed by atoms with Crippen LogP contribution in [-0.2, 0) is 24.1 Å². The molecule has 8 nitrogen and oxygen atoms in total. The highest BCUT2D eigenvalue weighted by atomic mass is 16.5. The van der Waals surface area contributed by atoms with Gasteiger partial charge in [-0.1, -0.05) is 30.8 Å². The smallest absolute Gasteiger partial charge is 0.187 e. The number of pyridine rings is 1. The Balaban J connectivity index is 1.21. The lowest BCUT2D eigenvalue weighted by Gasteiger charge is -2.42. The lowest BCUT2D eigenvalue weighted by atomic mass is 9.82. The second-order valence-corrected chi connectivity index (χ2v) is 10.8. The number of aromatic amines is 1. The number of nitrogens with one attached hydrogen (secondary N) is 1. The van der Waals surface area contributed by atoms with Gasteiger partial charge in [0.05, 0.1) is 11.8 Å². The van der Waals surface area contributed by atoms with Crippen LogP contribution >= 0.6 is 0 Å². The molecule has 0 bridgehead atoms. The number of aromatic nitrogens is 5. The summed E-state index contributed by atoms with van der Waals surface area (Å²) in [6.07, 6.45) is 9.29. The van der Waals surface area contributed by atoms with Crippen LogP contribution in [0, 0.1) is 5.92 Å². The average Bonchev–Trinajstić information content (AvgIpc) is 3.70. The molecular weight excluding hydrogens is 498 g/mol. The van der Waals surface area contributed by atoms with Gasteiger partial charge in [0.25, 0.3) is 0 Å². The first-order valence-electron chi connectivity index (χ1n) is 13.8. The molecule has 5 heterocycles. The van der Waals surface area contributed by atoms with E-state index in [1.165, 1.54) is 22.9 Å². The number of fused-ring (bicyclic) bond motifs is 3. The van der Waals surface area contributed by atoms with E-state index < -0.39 is 5.72 Å². The zero-order valence-electron chi connectivity index (χ0n) is 22.6. The third-order valence-corrected chi connectivity index (χ3v) is 8.50. The van der Waals surface area contributed by atoms with Crippen LogP contribution in [0.2, 0.25) is 0 Å². The fourth-order valence-electron chi connectivity index (χ4n) is 6.35. The van der Waals surface area contributed by atoms with Crippen molar-refractivity contribution in [2.45, 2.75) is 25.1 Å². The predicted molar refractivity (Wildman–Crippen MR) is 158 cm³/mol. The van der Waals surface area contributed by atoms with Crippen molar-refractivity contribution in [3.05, 3.63) is 103 Å². The fraction of sp³-hybridized carbons (Fsp3) is 0.250. The number of nitrogens with zero attached hydrogens (tertiary/aromatic N) is 5. The van der Waals surface area contributed by atoms with E-state index >= 15 is 0 Å². The lowest BCUT2D eigenvalue weighted by molar-refractivity contribution is -0.0602. The summed E-state index contributed by atoms with van der Waals surface area (Å²) in [6, 6.07) is 21.1. The Morgan fingerprint density at radius 2 is 2.08 bits per heavy atom. The first-order chi connectivity index (χ1) is 19.5. The number of ether oxygens (including phenoxy) is 1. The minimum Gasteiger partial charge on any atom is -0.477 e. The maximum atomic E-state index is 7.19. The molecule has 8 heteroatoms. The van der Waals surface area contributed by atoms with Crippen LogP contribution in [0.4, 0.5) is 0 Å². The van der Waals surface area contributed by atoms with E-state index in [9.17, 15) is 0 Å². The molecule has 7 rings (SSSR count). The van der Waals surface area contributed by atoms with E-state index in [1.54, 1.807) is 6.20 Å². The Bertz CT molecular complexity index is 1850. The molecule has 1 saturated heterocycles. The Morgan fingerprint density at radius 3 is 2.95 bits per heavy atom. The van der Waals surface area contributed by atoms with Gasteiger partial charge < -0.3 is 13.7 Å². The van der Waals surface area contributed by atoms with Crippen molar-refractivity contribution in [1.82, 2.24) is 29.0 Å². The van der Waals surface area contributed by atoms with Crippen molar-refractivity contribution in [2.75, 3.05) is 13.1 Å². The minimum absolute atomic E-state index is 0.0871. The van der Waals surface area contributed by atoms with Gasteiger partial charge in [-0.2, -0.15) is 5.10 Å². The second kappa shape index (κ2) is 9.66. The molecule has 6 aromatic rings. The van der Waals surface area contributed by atoms with Crippen LogP contribution in [-0.4, -0.2) is 42.1 Å². The molecule has 1 fully saturated rings. The molecule has 2 aromatic carbocycles. The molecule has 1 aliphatic rings. The molecule has 0 saturated carbocycles. The summed E-state index contributed by atoms with van der Waals surface area (Å²) >= 11 is 0. The molecule has 4 aromatic heterocycles. The van der Waals surface area contributed by atoms with Crippen molar-refractivity contribution in [1.29, 1.82) is 0 Å². The first-order valence-corrected chi connectivity index (χ1v) is 13.8. The lowest BCUT2D eigenvalue weighted by Crippen LogP contribution is -2.52. The molecule has 1 unspecified atom stereocenters. The van der Waals surface area contributed by atoms with Crippen molar-refractivity contribution in [3.8, 4) is 11.3 Å². The second-order valence-electron chi connectivity index (χ2n) is 10.8. The van der Waals surface area contributed by atoms with E-state index in [0.717, 1.165) is 65.8 Å². The standard InChI is InChI=1S/C32H33N7O/c1-3-40-32(33,25-8-6-15-38(20-25)21-26-17-22-7-4-5-9-29(22)37(26)2)24-11-12-28-27(18-24)31(36-35-28)23-10-13-30-34-14-16-39(30)19-23/h3-5,7,9-14,16-19,25H,1,6,8,15,20-21,33H2,2H3,(H,35,36)/t25-,32?/m1/s1. The maximum Gasteiger partial charge on any atom is 0.187 e. The molecule has 0 amide bonds. The third kappa shape index (κ3) is 4.08. The van der Waals surface area contributed by atoms with Crippen molar-refractivity contribution >= 4 is 27.5 Å². The number of benzene rings is 2. The van der Waals surface area contributed by atoms with Crippen LogP contribution in [0.3, 0.4) is 0 Å². The summed E-state index contributed by atoms with van der Waals surface area (Å²) in [5.74, 6) is 0.0871. The number of likely N-dealkylation sites (tertiary alicyclic amines) is 1. The molecular formula is C32H33N7O. The van der Waals surface area contributed by atoms with E-state index in [1.807, 2.05) is 35.0 Å². The van der Waals surface area contributed by atoms with Gasteiger partial charge in [0, 0.05) is 72.4 Å². The SMILES string of the molecule is C=COC(N)(c1ccc2[nH]nc(-c3ccc4nccn4c3)c2c1)[C@@H]1CCCN(Cc2cc3ccccc3n2C)C1. The summed E-state index contributed by atoms with van der Waals surface area (Å²) in [7, 11) is 2.15. The number of rotatable bonds is 7. The number of imidazole rings is 1. The summed E-state index contributed by atoms with van der Waals surface area (Å²) in [5.41, 5.74) is 13.4. The van der Waals surface area contributed by atoms with Gasteiger partial charge in [-0.25, -0.2) is 4.98 Å². The van der Waals surface area contributed by atoms with Crippen molar-refractivity contribution < 1.29 is 4.74 Å². The number of nitrogens with two attached hydrogens (primary N) is 1. The number of hydrogen-bond acceptors (Lipinski definition) is 5. The van der Waals surface area contributed by atoms with E-state index in [0.29, 0.717) is 0 Å². The average molecular weight is 532 g/mol. The molecule has 202 valence electrons. The third-order valence-electron chi connectivity index (χ3n) is 8.50. The summed E-state index contributed by atoms with van der Waals surface area (Å²) < 4.78 is 10.5. The molecule has 0 spiro atoms. The number of aryl methyl sites for hydroxylation is 1.